The van der Waals surface area contributed by atoms with Crippen LogP contribution in [0.4, 0.5) is 5.69 Å². The molecule has 0 aliphatic carbocycles. The predicted octanol–water partition coefficient (Wildman–Crippen LogP) is 5.87. The molecule has 32 heavy (non-hydrogen) atoms. The van der Waals surface area contributed by atoms with Gasteiger partial charge in [0.2, 0.25) is 5.91 Å². The molecule has 7 heteroatoms. The van der Waals surface area contributed by atoms with E-state index in [1.165, 1.54) is 18.7 Å². The summed E-state index contributed by atoms with van der Waals surface area (Å²) in [6, 6.07) is 23.3. The van der Waals surface area contributed by atoms with Gasteiger partial charge in [-0.3, -0.25) is 4.79 Å². The molecule has 0 spiro atoms. The van der Waals surface area contributed by atoms with Crippen molar-refractivity contribution in [2.45, 2.75) is 17.0 Å². The Morgan fingerprint density at radius 3 is 2.06 bits per heavy atom. The number of rotatable bonds is 7. The van der Waals surface area contributed by atoms with Gasteiger partial charge in [0.05, 0.1) is 31.3 Å². The molecule has 0 unspecified atom stereocenters. The number of aromatic nitrogens is 2. The van der Waals surface area contributed by atoms with E-state index in [4.69, 9.17) is 14.5 Å². The van der Waals surface area contributed by atoms with Crippen LogP contribution < -0.4 is 14.8 Å². The van der Waals surface area contributed by atoms with Gasteiger partial charge in [-0.25, -0.2) is 4.98 Å². The second-order valence-electron chi connectivity index (χ2n) is 7.00. The predicted molar refractivity (Wildman–Crippen MR) is 127 cm³/mol. The van der Waals surface area contributed by atoms with Gasteiger partial charge in [0.1, 0.15) is 11.5 Å². The minimum Gasteiger partial charge on any atom is -0.497 e. The summed E-state index contributed by atoms with van der Waals surface area (Å²) in [5, 5.41) is 3.60. The third-order valence-electron chi connectivity index (χ3n) is 4.83. The summed E-state index contributed by atoms with van der Waals surface area (Å²) in [5.41, 5.74) is 4.44. The molecular weight excluding hydrogens is 422 g/mol. The number of amides is 1. The van der Waals surface area contributed by atoms with Gasteiger partial charge >= 0.3 is 0 Å². The summed E-state index contributed by atoms with van der Waals surface area (Å²) in [6.07, 6.45) is 0. The molecule has 0 saturated carbocycles. The fourth-order valence-electron chi connectivity index (χ4n) is 3.28. The zero-order valence-corrected chi connectivity index (χ0v) is 18.8. The van der Waals surface area contributed by atoms with Crippen LogP contribution in [0.3, 0.4) is 0 Å². The second-order valence-corrected chi connectivity index (χ2v) is 8.03. The van der Waals surface area contributed by atoms with Crippen LogP contribution in [-0.2, 0) is 4.79 Å². The van der Waals surface area contributed by atoms with E-state index in [1.807, 2.05) is 72.8 Å². The number of hydrogen-bond acceptors (Lipinski definition) is 5. The molecule has 162 valence electrons. The number of anilines is 1. The molecule has 2 N–H and O–H groups in total. The lowest BCUT2D eigenvalue weighted by Crippen LogP contribution is -2.06. The maximum Gasteiger partial charge on any atom is 0.221 e. The number of aromatic amines is 1. The Labute approximate surface area is 191 Å². The highest BCUT2D eigenvalue weighted by Crippen LogP contribution is 2.38. The number of benzene rings is 3. The number of para-hydroxylation sites is 1. The summed E-state index contributed by atoms with van der Waals surface area (Å²) >= 11 is 1.47. The zero-order valence-electron chi connectivity index (χ0n) is 18.0. The van der Waals surface area contributed by atoms with E-state index in [-0.39, 0.29) is 5.91 Å². The number of nitrogens with zero attached hydrogens (tertiary/aromatic N) is 1. The van der Waals surface area contributed by atoms with Crippen molar-refractivity contribution in [1.82, 2.24) is 9.97 Å². The average molecular weight is 446 g/mol. The van der Waals surface area contributed by atoms with E-state index in [2.05, 4.69) is 10.3 Å². The Bertz CT molecular complexity index is 1150. The van der Waals surface area contributed by atoms with Gasteiger partial charge in [-0.05, 0) is 72.4 Å². The fourth-order valence-corrected chi connectivity index (χ4v) is 4.15. The highest BCUT2D eigenvalue weighted by Gasteiger charge is 2.16. The van der Waals surface area contributed by atoms with Crippen molar-refractivity contribution in [3.8, 4) is 34.0 Å². The molecule has 0 saturated heterocycles. The SMILES string of the molecule is COc1ccc(-c2nc(Sc3ccccc3NC(C)=O)[nH]c2-c2ccc(OC)cc2)cc1. The maximum atomic E-state index is 11.6. The molecule has 1 heterocycles. The third-order valence-corrected chi connectivity index (χ3v) is 5.79. The van der Waals surface area contributed by atoms with Gasteiger partial charge in [0.25, 0.3) is 0 Å². The van der Waals surface area contributed by atoms with Gasteiger partial charge < -0.3 is 19.8 Å². The maximum absolute atomic E-state index is 11.6. The molecule has 1 amide bonds. The number of carbonyl (C=O) groups is 1. The fraction of sp³-hybridized carbons (Fsp3) is 0.120. The zero-order chi connectivity index (χ0) is 22.5. The molecule has 0 bridgehead atoms. The van der Waals surface area contributed by atoms with Crippen molar-refractivity contribution < 1.29 is 14.3 Å². The monoisotopic (exact) mass is 445 g/mol. The normalized spacial score (nSPS) is 10.6. The van der Waals surface area contributed by atoms with Crippen LogP contribution in [0.5, 0.6) is 11.5 Å². The summed E-state index contributed by atoms with van der Waals surface area (Å²) < 4.78 is 10.6. The van der Waals surface area contributed by atoms with Crippen LogP contribution in [0.1, 0.15) is 6.92 Å². The van der Waals surface area contributed by atoms with Gasteiger partial charge in [-0.1, -0.05) is 12.1 Å². The lowest BCUT2D eigenvalue weighted by atomic mass is 10.0. The van der Waals surface area contributed by atoms with E-state index < -0.39 is 0 Å². The molecule has 0 aliphatic rings. The number of imidazole rings is 1. The Balaban J connectivity index is 1.76. The van der Waals surface area contributed by atoms with Crippen LogP contribution in [0.2, 0.25) is 0 Å². The lowest BCUT2D eigenvalue weighted by molar-refractivity contribution is -0.114. The van der Waals surface area contributed by atoms with Crippen LogP contribution in [0.25, 0.3) is 22.5 Å². The van der Waals surface area contributed by atoms with Crippen molar-refractivity contribution in [2.75, 3.05) is 19.5 Å². The summed E-state index contributed by atoms with van der Waals surface area (Å²) in [6.45, 7) is 1.50. The van der Waals surface area contributed by atoms with Crippen molar-refractivity contribution in [3.05, 3.63) is 72.8 Å². The number of nitrogens with one attached hydrogen (secondary N) is 2. The number of H-pyrrole nitrogens is 1. The molecule has 4 aromatic rings. The largest absolute Gasteiger partial charge is 0.497 e. The summed E-state index contributed by atoms with van der Waals surface area (Å²) in [5.74, 6) is 1.46. The first-order valence-electron chi connectivity index (χ1n) is 10.0. The van der Waals surface area contributed by atoms with Crippen molar-refractivity contribution in [3.63, 3.8) is 0 Å². The number of methoxy groups -OCH3 is 2. The smallest absolute Gasteiger partial charge is 0.221 e. The first-order valence-corrected chi connectivity index (χ1v) is 10.8. The molecule has 0 aliphatic heterocycles. The molecule has 0 atom stereocenters. The number of carbonyl (C=O) groups excluding carboxylic acids is 1. The van der Waals surface area contributed by atoms with Crippen LogP contribution >= 0.6 is 11.8 Å². The topological polar surface area (TPSA) is 76.2 Å². The summed E-state index contributed by atoms with van der Waals surface area (Å²) in [7, 11) is 3.29. The van der Waals surface area contributed by atoms with Crippen LogP contribution in [0.15, 0.2) is 82.8 Å². The van der Waals surface area contributed by atoms with Crippen molar-refractivity contribution in [1.29, 1.82) is 0 Å². The number of hydrogen-bond donors (Lipinski definition) is 2. The van der Waals surface area contributed by atoms with E-state index in [0.717, 1.165) is 49.8 Å². The highest BCUT2D eigenvalue weighted by atomic mass is 32.2. The van der Waals surface area contributed by atoms with Gasteiger partial charge in [-0.2, -0.15) is 0 Å². The highest BCUT2D eigenvalue weighted by molar-refractivity contribution is 7.99. The summed E-state index contributed by atoms with van der Waals surface area (Å²) in [4.78, 5) is 20.8. The standard InChI is InChI=1S/C25H23N3O3S/c1-16(29)26-21-6-4-5-7-22(21)32-25-27-23(17-8-12-19(30-2)13-9-17)24(28-25)18-10-14-20(31-3)15-11-18/h4-15H,1-3H3,(H,26,29)(H,27,28). The van der Waals surface area contributed by atoms with E-state index in [9.17, 15) is 4.79 Å². The van der Waals surface area contributed by atoms with E-state index in [1.54, 1.807) is 14.2 Å². The van der Waals surface area contributed by atoms with Gasteiger partial charge in [0, 0.05) is 22.9 Å². The molecular formula is C25H23N3O3S. The Morgan fingerprint density at radius 1 is 0.875 bits per heavy atom. The van der Waals surface area contributed by atoms with Crippen molar-refractivity contribution >= 4 is 23.4 Å². The minimum atomic E-state index is -0.115. The van der Waals surface area contributed by atoms with E-state index >= 15 is 0 Å². The Hall–Kier alpha value is -3.71. The van der Waals surface area contributed by atoms with Crippen molar-refractivity contribution in [2.24, 2.45) is 0 Å². The number of ether oxygens (including phenoxy) is 2. The lowest BCUT2D eigenvalue weighted by Gasteiger charge is -2.07. The Kier molecular flexibility index (Phi) is 6.47. The van der Waals surface area contributed by atoms with Crippen LogP contribution in [0, 0.1) is 0 Å². The first kappa shape index (κ1) is 21.5. The van der Waals surface area contributed by atoms with Gasteiger partial charge in [-0.15, -0.1) is 0 Å². The quantitative estimate of drug-likeness (QED) is 0.372. The molecule has 0 radical (unpaired) electrons. The molecule has 6 nitrogen and oxygen atoms in total. The molecule has 1 aromatic heterocycles. The molecule has 3 aromatic carbocycles. The third kappa shape index (κ3) is 4.78. The van der Waals surface area contributed by atoms with Gasteiger partial charge in [0.15, 0.2) is 5.16 Å². The first-order chi connectivity index (χ1) is 15.6. The second kappa shape index (κ2) is 9.62. The molecule has 4 rings (SSSR count). The van der Waals surface area contributed by atoms with E-state index in [0.29, 0.717) is 0 Å². The average Bonchev–Trinajstić information content (AvgIpc) is 3.24. The molecule has 0 fully saturated rings. The minimum absolute atomic E-state index is 0.115. The Morgan fingerprint density at radius 2 is 1.47 bits per heavy atom. The van der Waals surface area contributed by atoms with Crippen LogP contribution in [-0.4, -0.2) is 30.1 Å².